The highest BCUT2D eigenvalue weighted by Crippen LogP contribution is 2.31. The Labute approximate surface area is 182 Å². The van der Waals surface area contributed by atoms with Crippen molar-refractivity contribution in [1.82, 2.24) is 9.97 Å². The van der Waals surface area contributed by atoms with Gasteiger partial charge in [0.05, 0.1) is 30.7 Å². The van der Waals surface area contributed by atoms with Gasteiger partial charge in [0.25, 0.3) is 5.56 Å². The second-order valence-corrected chi connectivity index (χ2v) is 7.61. The Morgan fingerprint density at radius 2 is 2.03 bits per heavy atom. The zero-order chi connectivity index (χ0) is 21.8. The predicted octanol–water partition coefficient (Wildman–Crippen LogP) is 4.61. The molecule has 1 aromatic carbocycles. The molecule has 9 heteroatoms. The first-order chi connectivity index (χ1) is 14.4. The van der Waals surface area contributed by atoms with E-state index in [9.17, 15) is 9.59 Å². The number of aryl methyl sites for hydroxylation is 1. The van der Waals surface area contributed by atoms with E-state index >= 15 is 0 Å². The van der Waals surface area contributed by atoms with E-state index < -0.39 is 5.97 Å². The van der Waals surface area contributed by atoms with Gasteiger partial charge in [-0.15, -0.1) is 11.3 Å². The molecule has 0 spiro atoms. The SMILES string of the molecule is CCOC(=O)c1sc2nc(/C(Cl)=C/c3ccc(OC)c(OCC)c3)[nH]c(=O)c2c1C. The van der Waals surface area contributed by atoms with Crippen LogP contribution in [0.15, 0.2) is 23.0 Å². The van der Waals surface area contributed by atoms with Crippen LogP contribution in [0.25, 0.3) is 21.3 Å². The fourth-order valence-corrected chi connectivity index (χ4v) is 4.21. The number of aromatic nitrogens is 2. The maximum absolute atomic E-state index is 12.6. The van der Waals surface area contributed by atoms with E-state index in [1.54, 1.807) is 39.2 Å². The lowest BCUT2D eigenvalue weighted by Gasteiger charge is -2.10. The lowest BCUT2D eigenvalue weighted by atomic mass is 10.2. The number of nitrogens with zero attached hydrogens (tertiary/aromatic N) is 1. The monoisotopic (exact) mass is 448 g/mol. The third kappa shape index (κ3) is 4.34. The first-order valence-electron chi connectivity index (χ1n) is 9.28. The number of carbonyl (C=O) groups is 1. The van der Waals surface area contributed by atoms with E-state index in [1.165, 1.54) is 0 Å². The fraction of sp³-hybridized carbons (Fsp3) is 0.286. The molecule has 0 fully saturated rings. The Balaban J connectivity index is 2.03. The summed E-state index contributed by atoms with van der Waals surface area (Å²) in [4.78, 5) is 32.7. The summed E-state index contributed by atoms with van der Waals surface area (Å²) in [5.41, 5.74) is 0.933. The number of thiophene rings is 1. The van der Waals surface area contributed by atoms with Crippen molar-refractivity contribution in [3.8, 4) is 11.5 Å². The molecule has 30 heavy (non-hydrogen) atoms. The van der Waals surface area contributed by atoms with E-state index in [0.29, 0.717) is 38.8 Å². The van der Waals surface area contributed by atoms with Gasteiger partial charge in [-0.3, -0.25) is 4.79 Å². The van der Waals surface area contributed by atoms with Gasteiger partial charge in [0, 0.05) is 0 Å². The quantitative estimate of drug-likeness (QED) is 0.530. The Hall–Kier alpha value is -2.84. The van der Waals surface area contributed by atoms with Crippen LogP contribution < -0.4 is 15.0 Å². The number of fused-ring (bicyclic) bond motifs is 1. The second kappa shape index (κ2) is 9.32. The van der Waals surface area contributed by atoms with E-state index in [4.69, 9.17) is 25.8 Å². The fourth-order valence-electron chi connectivity index (χ4n) is 2.91. The van der Waals surface area contributed by atoms with Gasteiger partial charge in [0.2, 0.25) is 0 Å². The summed E-state index contributed by atoms with van der Waals surface area (Å²) in [5.74, 6) is 0.934. The predicted molar refractivity (Wildman–Crippen MR) is 119 cm³/mol. The lowest BCUT2D eigenvalue weighted by Crippen LogP contribution is -2.11. The smallest absolute Gasteiger partial charge is 0.348 e. The standard InChI is InChI=1S/C21H21ClN2O5S/c1-5-28-15-10-12(7-8-14(15)27-4)9-13(22)18-23-19(25)16-11(3)17(21(26)29-6-2)30-20(16)24-18/h7-10H,5-6H2,1-4H3,(H,23,24,25)/b13-9-. The van der Waals surface area contributed by atoms with Gasteiger partial charge >= 0.3 is 5.97 Å². The molecule has 0 saturated heterocycles. The highest BCUT2D eigenvalue weighted by Gasteiger charge is 2.20. The number of H-pyrrole nitrogens is 1. The van der Waals surface area contributed by atoms with Crippen LogP contribution in [0.4, 0.5) is 0 Å². The normalized spacial score (nSPS) is 11.6. The number of aromatic amines is 1. The molecule has 0 amide bonds. The Bertz CT molecular complexity index is 1180. The molecule has 0 aliphatic carbocycles. The van der Waals surface area contributed by atoms with Gasteiger partial charge in [-0.1, -0.05) is 17.7 Å². The van der Waals surface area contributed by atoms with E-state index in [2.05, 4.69) is 9.97 Å². The molecule has 3 rings (SSSR count). The summed E-state index contributed by atoms with van der Waals surface area (Å²) in [6, 6.07) is 5.37. The first kappa shape index (κ1) is 21.9. The minimum Gasteiger partial charge on any atom is -0.493 e. The van der Waals surface area contributed by atoms with Crippen molar-refractivity contribution in [3.05, 3.63) is 50.4 Å². The van der Waals surface area contributed by atoms with Crippen molar-refractivity contribution >= 4 is 50.2 Å². The minimum atomic E-state index is -0.470. The van der Waals surface area contributed by atoms with Crippen LogP contribution in [0, 0.1) is 6.92 Å². The minimum absolute atomic E-state index is 0.208. The Kier molecular flexibility index (Phi) is 6.79. The van der Waals surface area contributed by atoms with Crippen LogP contribution in [0.3, 0.4) is 0 Å². The van der Waals surface area contributed by atoms with E-state index in [-0.39, 0.29) is 23.0 Å². The van der Waals surface area contributed by atoms with Crippen molar-refractivity contribution < 1.29 is 19.0 Å². The third-order valence-corrected chi connectivity index (χ3v) is 5.72. The van der Waals surface area contributed by atoms with Crippen LogP contribution >= 0.6 is 22.9 Å². The molecule has 0 aliphatic heterocycles. The number of ether oxygens (including phenoxy) is 3. The third-order valence-electron chi connectivity index (χ3n) is 4.27. The van der Waals surface area contributed by atoms with Crippen molar-refractivity contribution in [2.24, 2.45) is 0 Å². The Morgan fingerprint density at radius 1 is 1.27 bits per heavy atom. The summed E-state index contributed by atoms with van der Waals surface area (Å²) >= 11 is 7.55. The molecule has 0 atom stereocenters. The maximum Gasteiger partial charge on any atom is 0.348 e. The zero-order valence-electron chi connectivity index (χ0n) is 17.0. The average Bonchev–Trinajstić information content (AvgIpc) is 3.06. The molecule has 158 valence electrons. The molecular weight excluding hydrogens is 428 g/mol. The molecule has 2 aromatic heterocycles. The highest BCUT2D eigenvalue weighted by atomic mass is 35.5. The molecule has 0 aliphatic rings. The zero-order valence-corrected chi connectivity index (χ0v) is 18.6. The van der Waals surface area contributed by atoms with Gasteiger partial charge in [-0.25, -0.2) is 9.78 Å². The second-order valence-electron chi connectivity index (χ2n) is 6.21. The summed E-state index contributed by atoms with van der Waals surface area (Å²) in [6.07, 6.45) is 1.67. The molecule has 7 nitrogen and oxygen atoms in total. The highest BCUT2D eigenvalue weighted by molar-refractivity contribution is 7.20. The van der Waals surface area contributed by atoms with Gasteiger partial charge < -0.3 is 19.2 Å². The topological polar surface area (TPSA) is 90.5 Å². The van der Waals surface area contributed by atoms with E-state index in [0.717, 1.165) is 16.9 Å². The largest absolute Gasteiger partial charge is 0.493 e. The molecule has 0 unspecified atom stereocenters. The van der Waals surface area contributed by atoms with Crippen LogP contribution in [-0.4, -0.2) is 36.3 Å². The summed E-state index contributed by atoms with van der Waals surface area (Å²) < 4.78 is 15.9. The lowest BCUT2D eigenvalue weighted by molar-refractivity contribution is 0.0531. The van der Waals surface area contributed by atoms with Gasteiger partial charge in [-0.05, 0) is 50.1 Å². The summed E-state index contributed by atoms with van der Waals surface area (Å²) in [7, 11) is 1.57. The van der Waals surface area contributed by atoms with E-state index in [1.807, 2.05) is 13.0 Å². The number of hydrogen-bond acceptors (Lipinski definition) is 7. The molecule has 3 aromatic rings. The first-order valence-corrected chi connectivity index (χ1v) is 10.5. The number of carbonyl (C=O) groups excluding carboxylic acids is 1. The van der Waals surface area contributed by atoms with Gasteiger partial charge in [0.1, 0.15) is 9.71 Å². The molecule has 2 heterocycles. The molecule has 1 N–H and O–H groups in total. The number of halogens is 1. The van der Waals surface area contributed by atoms with Crippen molar-refractivity contribution in [1.29, 1.82) is 0 Å². The van der Waals surface area contributed by atoms with Crippen LogP contribution in [-0.2, 0) is 4.74 Å². The number of esters is 1. The van der Waals surface area contributed by atoms with Crippen molar-refractivity contribution in [3.63, 3.8) is 0 Å². The van der Waals surface area contributed by atoms with Crippen LogP contribution in [0.5, 0.6) is 11.5 Å². The van der Waals surface area contributed by atoms with Crippen LogP contribution in [0.2, 0.25) is 0 Å². The summed E-state index contributed by atoms with van der Waals surface area (Å²) in [5, 5.41) is 0.602. The molecule has 0 saturated carbocycles. The maximum atomic E-state index is 12.6. The number of methoxy groups -OCH3 is 1. The molecule has 0 bridgehead atoms. The Morgan fingerprint density at radius 3 is 2.70 bits per heavy atom. The van der Waals surface area contributed by atoms with Gasteiger partial charge in [-0.2, -0.15) is 0 Å². The number of rotatable bonds is 7. The number of nitrogens with one attached hydrogen (secondary N) is 1. The molecule has 0 radical (unpaired) electrons. The number of hydrogen-bond donors (Lipinski definition) is 1. The molecular formula is C21H21ClN2O5S. The average molecular weight is 449 g/mol. The van der Waals surface area contributed by atoms with Crippen LogP contribution in [0.1, 0.15) is 40.5 Å². The van der Waals surface area contributed by atoms with Crippen molar-refractivity contribution in [2.45, 2.75) is 20.8 Å². The number of benzene rings is 1. The summed E-state index contributed by atoms with van der Waals surface area (Å²) in [6.45, 7) is 6.05. The van der Waals surface area contributed by atoms with Gasteiger partial charge in [0.15, 0.2) is 17.3 Å². The van der Waals surface area contributed by atoms with Crippen molar-refractivity contribution in [2.75, 3.05) is 20.3 Å².